The summed E-state index contributed by atoms with van der Waals surface area (Å²) in [5.41, 5.74) is 0. The fourth-order valence-corrected chi connectivity index (χ4v) is 0.881. The third-order valence-corrected chi connectivity index (χ3v) is 1.51. The first-order valence-corrected chi connectivity index (χ1v) is 2.99. The van der Waals surface area contributed by atoms with Gasteiger partial charge >= 0.3 is 0 Å². The quantitative estimate of drug-likeness (QED) is 0.406. The van der Waals surface area contributed by atoms with Gasteiger partial charge in [0.1, 0.15) is 12.3 Å². The van der Waals surface area contributed by atoms with Crippen molar-refractivity contribution >= 4 is 24.0 Å². The number of halogens is 1. The zero-order chi connectivity index (χ0) is 6.85. The van der Waals surface area contributed by atoms with Crippen LogP contribution < -0.4 is 5.32 Å². The monoisotopic (exact) mass is 261 g/mol. The second kappa shape index (κ2) is 4.45. The Balaban J connectivity index is 0.000000810. The lowest BCUT2D eigenvalue weighted by atomic mass is 10.1. The maximum Gasteiger partial charge on any atom is 0.133 e. The minimum atomic E-state index is -1.03. The van der Waals surface area contributed by atoms with E-state index in [0.29, 0.717) is 13.0 Å². The molecular formula is C5H12INO3. The molecule has 4 N–H and O–H groups in total. The SMILES string of the molecule is I.OC1CCNC(O)C1O. The van der Waals surface area contributed by atoms with Gasteiger partial charge in [-0.1, -0.05) is 0 Å². The number of nitrogens with one attached hydrogen (secondary N) is 1. The summed E-state index contributed by atoms with van der Waals surface area (Å²) in [5.74, 6) is 0. The van der Waals surface area contributed by atoms with Crippen LogP contribution in [-0.2, 0) is 0 Å². The van der Waals surface area contributed by atoms with Gasteiger partial charge < -0.3 is 15.3 Å². The van der Waals surface area contributed by atoms with Gasteiger partial charge in [-0.2, -0.15) is 0 Å². The van der Waals surface area contributed by atoms with Crippen LogP contribution in [0.15, 0.2) is 0 Å². The Hall–Kier alpha value is 0.570. The van der Waals surface area contributed by atoms with Crippen LogP contribution in [0.1, 0.15) is 6.42 Å². The Morgan fingerprint density at radius 2 is 1.80 bits per heavy atom. The van der Waals surface area contributed by atoms with Gasteiger partial charge in [-0.3, -0.25) is 5.32 Å². The van der Waals surface area contributed by atoms with E-state index in [1.165, 1.54) is 0 Å². The summed E-state index contributed by atoms with van der Waals surface area (Å²) in [6.45, 7) is 0.555. The largest absolute Gasteiger partial charge is 0.390 e. The summed E-state index contributed by atoms with van der Waals surface area (Å²) in [4.78, 5) is 0. The van der Waals surface area contributed by atoms with E-state index in [0.717, 1.165) is 0 Å². The fourth-order valence-electron chi connectivity index (χ4n) is 0.881. The van der Waals surface area contributed by atoms with E-state index in [4.69, 9.17) is 15.3 Å². The first kappa shape index (κ1) is 10.6. The average molecular weight is 261 g/mol. The maximum absolute atomic E-state index is 8.90. The molecule has 0 amide bonds. The van der Waals surface area contributed by atoms with Crippen LogP contribution in [0, 0.1) is 0 Å². The average Bonchev–Trinajstić information content (AvgIpc) is 1.83. The molecule has 0 aromatic heterocycles. The molecule has 1 saturated heterocycles. The van der Waals surface area contributed by atoms with Crippen LogP contribution in [0.4, 0.5) is 0 Å². The van der Waals surface area contributed by atoms with Crippen LogP contribution in [0.5, 0.6) is 0 Å². The summed E-state index contributed by atoms with van der Waals surface area (Å²) in [6.07, 6.45) is -2.27. The normalized spacial score (nSPS) is 40.5. The van der Waals surface area contributed by atoms with E-state index >= 15 is 0 Å². The topological polar surface area (TPSA) is 72.7 Å². The molecule has 3 unspecified atom stereocenters. The summed E-state index contributed by atoms with van der Waals surface area (Å²) in [7, 11) is 0. The van der Waals surface area contributed by atoms with Gasteiger partial charge in [0.15, 0.2) is 0 Å². The Morgan fingerprint density at radius 1 is 1.20 bits per heavy atom. The van der Waals surface area contributed by atoms with Gasteiger partial charge in [0, 0.05) is 6.54 Å². The molecule has 0 radical (unpaired) electrons. The first-order chi connectivity index (χ1) is 4.22. The highest BCUT2D eigenvalue weighted by atomic mass is 127. The van der Waals surface area contributed by atoms with Crippen LogP contribution >= 0.6 is 24.0 Å². The highest BCUT2D eigenvalue weighted by Crippen LogP contribution is 2.06. The van der Waals surface area contributed by atoms with Crippen molar-refractivity contribution in [1.29, 1.82) is 0 Å². The Labute approximate surface area is 76.3 Å². The molecule has 1 aliphatic heterocycles. The number of aliphatic hydroxyl groups is 3. The molecule has 0 bridgehead atoms. The van der Waals surface area contributed by atoms with E-state index in [9.17, 15) is 0 Å². The molecule has 1 rings (SSSR count). The number of hydrogen-bond acceptors (Lipinski definition) is 4. The van der Waals surface area contributed by atoms with Crippen molar-refractivity contribution in [2.75, 3.05) is 6.54 Å². The zero-order valence-corrected chi connectivity index (χ0v) is 7.73. The summed E-state index contributed by atoms with van der Waals surface area (Å²) < 4.78 is 0. The van der Waals surface area contributed by atoms with Gasteiger partial charge in [-0.05, 0) is 6.42 Å². The van der Waals surface area contributed by atoms with Gasteiger partial charge in [-0.25, -0.2) is 0 Å². The Bertz CT molecular complexity index is 92.9. The molecule has 0 saturated carbocycles. The van der Waals surface area contributed by atoms with E-state index in [1.807, 2.05) is 0 Å². The van der Waals surface area contributed by atoms with E-state index in [2.05, 4.69) is 5.32 Å². The second-order valence-corrected chi connectivity index (χ2v) is 2.25. The third-order valence-electron chi connectivity index (χ3n) is 1.51. The number of piperidine rings is 1. The highest BCUT2D eigenvalue weighted by Gasteiger charge is 2.27. The van der Waals surface area contributed by atoms with Gasteiger partial charge in [0.05, 0.1) is 6.10 Å². The van der Waals surface area contributed by atoms with Crippen molar-refractivity contribution in [3.63, 3.8) is 0 Å². The standard InChI is InChI=1S/C5H11NO3.HI/c7-3-1-2-6-5(9)4(3)8;/h3-9H,1-2H2;1H. The molecule has 4 nitrogen and oxygen atoms in total. The molecule has 3 atom stereocenters. The number of rotatable bonds is 0. The highest BCUT2D eigenvalue weighted by molar-refractivity contribution is 14.0. The minimum Gasteiger partial charge on any atom is -0.390 e. The van der Waals surface area contributed by atoms with Crippen LogP contribution in [0.25, 0.3) is 0 Å². The molecular weight excluding hydrogens is 249 g/mol. The second-order valence-electron chi connectivity index (χ2n) is 2.25. The fraction of sp³-hybridized carbons (Fsp3) is 1.00. The lowest BCUT2D eigenvalue weighted by Gasteiger charge is -2.28. The van der Waals surface area contributed by atoms with Gasteiger partial charge in [-0.15, -0.1) is 24.0 Å². The van der Waals surface area contributed by atoms with Crippen LogP contribution in [0.3, 0.4) is 0 Å². The number of hydrogen-bond donors (Lipinski definition) is 4. The Kier molecular flexibility index (Phi) is 4.70. The van der Waals surface area contributed by atoms with Crippen molar-refractivity contribution in [3.05, 3.63) is 0 Å². The first-order valence-electron chi connectivity index (χ1n) is 2.99. The molecule has 10 heavy (non-hydrogen) atoms. The van der Waals surface area contributed by atoms with Crippen molar-refractivity contribution in [2.24, 2.45) is 0 Å². The molecule has 0 aliphatic carbocycles. The van der Waals surface area contributed by atoms with Crippen molar-refractivity contribution in [3.8, 4) is 0 Å². The lowest BCUT2D eigenvalue weighted by Crippen LogP contribution is -2.52. The van der Waals surface area contributed by atoms with Crippen molar-refractivity contribution in [2.45, 2.75) is 24.9 Å². The molecule has 1 fully saturated rings. The van der Waals surface area contributed by atoms with E-state index in [-0.39, 0.29) is 24.0 Å². The molecule has 0 spiro atoms. The molecule has 0 aromatic rings. The molecule has 5 heteroatoms. The Morgan fingerprint density at radius 3 is 2.20 bits per heavy atom. The van der Waals surface area contributed by atoms with E-state index in [1.54, 1.807) is 0 Å². The van der Waals surface area contributed by atoms with Gasteiger partial charge in [0.2, 0.25) is 0 Å². The lowest BCUT2D eigenvalue weighted by molar-refractivity contribution is -0.0931. The van der Waals surface area contributed by atoms with Gasteiger partial charge in [0.25, 0.3) is 0 Å². The summed E-state index contributed by atoms with van der Waals surface area (Å²) >= 11 is 0. The van der Waals surface area contributed by atoms with Crippen LogP contribution in [-0.4, -0.2) is 40.3 Å². The zero-order valence-electron chi connectivity index (χ0n) is 5.40. The molecule has 1 heterocycles. The number of aliphatic hydroxyl groups excluding tert-OH is 3. The molecule has 62 valence electrons. The van der Waals surface area contributed by atoms with E-state index < -0.39 is 18.4 Å². The van der Waals surface area contributed by atoms with Crippen molar-refractivity contribution < 1.29 is 15.3 Å². The summed E-state index contributed by atoms with van der Waals surface area (Å²) in [6, 6.07) is 0. The third kappa shape index (κ3) is 2.31. The summed E-state index contributed by atoms with van der Waals surface area (Å²) in [5, 5.41) is 29.2. The smallest absolute Gasteiger partial charge is 0.133 e. The van der Waals surface area contributed by atoms with Crippen LogP contribution in [0.2, 0.25) is 0 Å². The van der Waals surface area contributed by atoms with Crippen molar-refractivity contribution in [1.82, 2.24) is 5.32 Å². The predicted molar refractivity (Wildman–Crippen MR) is 46.1 cm³/mol. The predicted octanol–water partition coefficient (Wildman–Crippen LogP) is -1.36. The minimum absolute atomic E-state index is 0. The molecule has 1 aliphatic rings. The molecule has 0 aromatic carbocycles. The maximum atomic E-state index is 8.90.